The lowest BCUT2D eigenvalue weighted by Gasteiger charge is -2.37. The van der Waals surface area contributed by atoms with Gasteiger partial charge in [0.15, 0.2) is 5.82 Å². The van der Waals surface area contributed by atoms with Gasteiger partial charge in [-0.1, -0.05) is 35.5 Å². The van der Waals surface area contributed by atoms with Gasteiger partial charge < -0.3 is 19.5 Å². The van der Waals surface area contributed by atoms with Crippen LogP contribution in [0.15, 0.2) is 61.2 Å². The number of H-pyrrole nitrogens is 1. The normalized spacial score (nSPS) is 14.1. The van der Waals surface area contributed by atoms with Gasteiger partial charge in [-0.2, -0.15) is 5.26 Å². The number of nitrogens with one attached hydrogen (secondary N) is 1. The van der Waals surface area contributed by atoms with Crippen LogP contribution >= 0.6 is 0 Å². The Hall–Kier alpha value is -4.98. The van der Waals surface area contributed by atoms with Gasteiger partial charge in [-0.15, -0.1) is 5.10 Å². The molecule has 11 nitrogen and oxygen atoms in total. The third kappa shape index (κ3) is 4.05. The van der Waals surface area contributed by atoms with E-state index < -0.39 is 11.7 Å². The Balaban J connectivity index is 1.37. The summed E-state index contributed by atoms with van der Waals surface area (Å²) in [7, 11) is 1.48. The third-order valence-corrected chi connectivity index (χ3v) is 6.13. The van der Waals surface area contributed by atoms with E-state index in [1.807, 2.05) is 30.3 Å². The first-order valence-corrected chi connectivity index (χ1v) is 11.3. The number of amides is 1. The number of nitrogens with zero attached hydrogens (tertiary/aromatic N) is 7. The van der Waals surface area contributed by atoms with Crippen LogP contribution in [0.1, 0.15) is 15.9 Å². The topological polar surface area (TPSA) is 133 Å². The summed E-state index contributed by atoms with van der Waals surface area (Å²) >= 11 is 0. The first-order chi connectivity index (χ1) is 17.6. The first-order valence-electron chi connectivity index (χ1n) is 11.3. The average Bonchev–Trinajstić information content (AvgIpc) is 3.62. The number of benzene rings is 1. The summed E-state index contributed by atoms with van der Waals surface area (Å²) in [6, 6.07) is 11.7. The molecule has 0 unspecified atom stereocenters. The number of ether oxygens (including phenoxy) is 1. The number of ketones is 1. The fourth-order valence-electron chi connectivity index (χ4n) is 4.37. The van der Waals surface area contributed by atoms with Crippen LogP contribution < -0.4 is 4.74 Å². The molecule has 1 fully saturated rings. The van der Waals surface area contributed by atoms with Gasteiger partial charge in [0.05, 0.1) is 53.9 Å². The minimum Gasteiger partial charge on any atom is -0.494 e. The molecule has 0 spiro atoms. The molecule has 1 aliphatic rings. The van der Waals surface area contributed by atoms with Gasteiger partial charge in [0.1, 0.15) is 5.75 Å². The summed E-state index contributed by atoms with van der Waals surface area (Å²) in [5.74, 6) is -0.437. The standard InChI is InChI=1S/C25H22N8O3/c1-36-20-16-28-24(33-10-9-29-30-33)22-21(20)18(15-27-22)23(34)25(35)32-13-11-31(12-14-32)19(7-8-26)17-5-3-2-4-6-17/h2-7,9-10,15-16,27H,11-14H2,1H3/b19-7-. The van der Waals surface area contributed by atoms with Gasteiger partial charge in [-0.05, 0) is 5.56 Å². The van der Waals surface area contributed by atoms with Gasteiger partial charge in [0.2, 0.25) is 0 Å². The molecule has 0 radical (unpaired) electrons. The van der Waals surface area contributed by atoms with Crippen LogP contribution in [-0.2, 0) is 4.79 Å². The summed E-state index contributed by atoms with van der Waals surface area (Å²) in [6.45, 7) is 1.70. The zero-order chi connectivity index (χ0) is 25.1. The van der Waals surface area contributed by atoms with E-state index in [9.17, 15) is 14.9 Å². The Bertz CT molecular complexity index is 1480. The number of hydrogen-bond donors (Lipinski definition) is 1. The van der Waals surface area contributed by atoms with Crippen molar-refractivity contribution < 1.29 is 14.3 Å². The largest absolute Gasteiger partial charge is 0.494 e. The zero-order valence-electron chi connectivity index (χ0n) is 19.5. The maximum absolute atomic E-state index is 13.3. The average molecular weight is 483 g/mol. The van der Waals surface area contributed by atoms with E-state index in [0.717, 1.165) is 11.3 Å². The molecule has 1 saturated heterocycles. The number of nitriles is 1. The Kier molecular flexibility index (Phi) is 6.15. The third-order valence-electron chi connectivity index (χ3n) is 6.13. The predicted octanol–water partition coefficient (Wildman–Crippen LogP) is 2.04. The fourth-order valence-corrected chi connectivity index (χ4v) is 4.37. The van der Waals surface area contributed by atoms with Crippen LogP contribution in [0.3, 0.4) is 0 Å². The van der Waals surface area contributed by atoms with Crippen LogP contribution in [0.2, 0.25) is 0 Å². The van der Waals surface area contributed by atoms with E-state index in [1.165, 1.54) is 36.5 Å². The molecule has 1 amide bonds. The van der Waals surface area contributed by atoms with E-state index in [2.05, 4.69) is 31.2 Å². The molecule has 0 atom stereocenters. The van der Waals surface area contributed by atoms with Crippen molar-refractivity contribution in [3.63, 3.8) is 0 Å². The quantitative estimate of drug-likeness (QED) is 0.251. The van der Waals surface area contributed by atoms with Crippen molar-refractivity contribution in [2.45, 2.75) is 0 Å². The fraction of sp³-hybridized carbons (Fsp3) is 0.200. The molecule has 3 aromatic heterocycles. The van der Waals surface area contributed by atoms with Crippen molar-refractivity contribution >= 4 is 28.3 Å². The number of allylic oxidation sites excluding steroid dienone is 1. The smallest absolute Gasteiger partial charge is 0.295 e. The summed E-state index contributed by atoms with van der Waals surface area (Å²) in [5.41, 5.74) is 2.44. The molecule has 0 saturated carbocycles. The molecule has 0 aliphatic carbocycles. The summed E-state index contributed by atoms with van der Waals surface area (Å²) in [6.07, 6.45) is 7.64. The van der Waals surface area contributed by atoms with E-state index in [0.29, 0.717) is 48.6 Å². The first kappa shape index (κ1) is 22.8. The van der Waals surface area contributed by atoms with Crippen LogP contribution in [0.4, 0.5) is 0 Å². The minimum atomic E-state index is -0.639. The molecule has 1 aliphatic heterocycles. The van der Waals surface area contributed by atoms with Gasteiger partial charge in [-0.25, -0.2) is 9.67 Å². The highest BCUT2D eigenvalue weighted by Gasteiger charge is 2.30. The minimum absolute atomic E-state index is 0.201. The Morgan fingerprint density at radius 3 is 2.56 bits per heavy atom. The second kappa shape index (κ2) is 9.71. The number of carbonyl (C=O) groups is 2. The monoisotopic (exact) mass is 482 g/mol. The number of aromatic amines is 1. The van der Waals surface area contributed by atoms with E-state index in [1.54, 1.807) is 11.1 Å². The molecular weight excluding hydrogens is 460 g/mol. The predicted molar refractivity (Wildman–Crippen MR) is 130 cm³/mol. The van der Waals surface area contributed by atoms with Gasteiger partial charge in [0, 0.05) is 38.5 Å². The van der Waals surface area contributed by atoms with Crippen LogP contribution in [0.25, 0.3) is 22.4 Å². The van der Waals surface area contributed by atoms with Crippen LogP contribution in [0, 0.1) is 11.3 Å². The van der Waals surface area contributed by atoms with Crippen molar-refractivity contribution in [3.8, 4) is 17.6 Å². The summed E-state index contributed by atoms with van der Waals surface area (Å²) in [5, 5.41) is 17.5. The number of pyridine rings is 1. The van der Waals surface area contributed by atoms with Crippen molar-refractivity contribution in [1.29, 1.82) is 5.26 Å². The Morgan fingerprint density at radius 2 is 1.89 bits per heavy atom. The highest BCUT2D eigenvalue weighted by molar-refractivity contribution is 6.45. The molecule has 4 heterocycles. The van der Waals surface area contributed by atoms with Crippen molar-refractivity contribution in [1.82, 2.24) is 34.8 Å². The SMILES string of the molecule is COc1cnc(-n2ccnn2)c2[nH]cc(C(=O)C(=O)N3CCN(/C(=C\C#N)c4ccccc4)CC3)c12. The Labute approximate surface area is 206 Å². The summed E-state index contributed by atoms with van der Waals surface area (Å²) in [4.78, 5) is 37.5. The molecule has 4 aromatic rings. The van der Waals surface area contributed by atoms with Crippen molar-refractivity contribution in [2.24, 2.45) is 0 Å². The zero-order valence-corrected chi connectivity index (χ0v) is 19.5. The second-order valence-corrected chi connectivity index (χ2v) is 8.08. The molecule has 36 heavy (non-hydrogen) atoms. The number of rotatable bonds is 6. The highest BCUT2D eigenvalue weighted by Crippen LogP contribution is 2.32. The maximum Gasteiger partial charge on any atom is 0.295 e. The molecular formula is C25H22N8O3. The lowest BCUT2D eigenvalue weighted by molar-refractivity contribution is -0.127. The van der Waals surface area contributed by atoms with Gasteiger partial charge in [-0.3, -0.25) is 9.59 Å². The molecule has 180 valence electrons. The van der Waals surface area contributed by atoms with Gasteiger partial charge >= 0.3 is 0 Å². The van der Waals surface area contributed by atoms with E-state index in [-0.39, 0.29) is 5.56 Å². The van der Waals surface area contributed by atoms with Crippen LogP contribution in [0.5, 0.6) is 5.75 Å². The van der Waals surface area contributed by atoms with Crippen LogP contribution in [-0.4, -0.2) is 79.7 Å². The molecule has 0 bridgehead atoms. The van der Waals surface area contributed by atoms with Gasteiger partial charge in [0.25, 0.3) is 11.7 Å². The highest BCUT2D eigenvalue weighted by atomic mass is 16.5. The molecule has 1 aromatic carbocycles. The lowest BCUT2D eigenvalue weighted by Crippen LogP contribution is -2.49. The second-order valence-electron chi connectivity index (χ2n) is 8.08. The number of aromatic nitrogens is 5. The number of piperazine rings is 1. The molecule has 1 N–H and O–H groups in total. The Morgan fingerprint density at radius 1 is 1.14 bits per heavy atom. The van der Waals surface area contributed by atoms with E-state index in [4.69, 9.17) is 4.74 Å². The van der Waals surface area contributed by atoms with Crippen molar-refractivity contribution in [3.05, 3.63) is 72.3 Å². The number of methoxy groups -OCH3 is 1. The number of Topliss-reactive ketones (excluding diaryl/α,β-unsaturated/α-hetero) is 1. The lowest BCUT2D eigenvalue weighted by atomic mass is 10.1. The van der Waals surface area contributed by atoms with E-state index >= 15 is 0 Å². The van der Waals surface area contributed by atoms with Crippen molar-refractivity contribution in [2.75, 3.05) is 33.3 Å². The number of hydrogen-bond acceptors (Lipinski definition) is 8. The number of fused-ring (bicyclic) bond motifs is 1. The molecule has 11 heteroatoms. The summed E-state index contributed by atoms with van der Waals surface area (Å²) < 4.78 is 6.90. The number of carbonyl (C=O) groups excluding carboxylic acids is 2. The molecule has 5 rings (SSSR count). The maximum atomic E-state index is 13.3.